The van der Waals surface area contributed by atoms with Gasteiger partial charge in [-0.25, -0.2) is 0 Å². The highest BCUT2D eigenvalue weighted by molar-refractivity contribution is 5.89. The van der Waals surface area contributed by atoms with Crippen molar-refractivity contribution in [1.29, 1.82) is 0 Å². The van der Waals surface area contributed by atoms with Gasteiger partial charge in [-0.2, -0.15) is 0 Å². The third kappa shape index (κ3) is 2.57. The number of phenols is 1. The van der Waals surface area contributed by atoms with Gasteiger partial charge in [0.25, 0.3) is 0 Å². The topological polar surface area (TPSA) is 74.6 Å². The van der Waals surface area contributed by atoms with Gasteiger partial charge in [0, 0.05) is 23.7 Å². The summed E-state index contributed by atoms with van der Waals surface area (Å²) in [5.41, 5.74) is 1.90. The van der Waals surface area contributed by atoms with Crippen LogP contribution in [0.15, 0.2) is 30.9 Å². The van der Waals surface area contributed by atoms with Crippen LogP contribution < -0.4 is 0 Å². The predicted octanol–water partition coefficient (Wildman–Crippen LogP) is 4.85. The number of Topliss-reactive ketones (excluding diaryl/α,β-unsaturated/α-hetero) is 1. The van der Waals surface area contributed by atoms with E-state index in [0.717, 1.165) is 32.1 Å². The summed E-state index contributed by atoms with van der Waals surface area (Å²) < 4.78 is 0. The molecule has 0 aromatic heterocycles. The van der Waals surface area contributed by atoms with E-state index >= 15 is 0 Å². The number of aliphatic carboxylic acids is 1. The second-order valence-electron chi connectivity index (χ2n) is 9.25. The summed E-state index contributed by atoms with van der Waals surface area (Å²) in [5.74, 6) is 0.785. The molecular weight excluding hydrogens is 352 g/mol. The molecule has 4 nitrogen and oxygen atoms in total. The number of rotatable bonds is 5. The summed E-state index contributed by atoms with van der Waals surface area (Å²) in [4.78, 5) is 24.2. The van der Waals surface area contributed by atoms with Crippen molar-refractivity contribution in [2.75, 3.05) is 0 Å². The average molecular weight is 383 g/mol. The Bertz CT molecular complexity index is 828. The van der Waals surface area contributed by atoms with Gasteiger partial charge in [-0.1, -0.05) is 19.1 Å². The number of aromatic hydroxyl groups is 1. The summed E-state index contributed by atoms with van der Waals surface area (Å²) in [5, 5.41) is 18.9. The molecule has 2 N–H and O–H groups in total. The third-order valence-electron chi connectivity index (χ3n) is 8.26. The Kier molecular flexibility index (Phi) is 4.64. The molecule has 0 saturated heterocycles. The number of ketones is 1. The minimum Gasteiger partial charge on any atom is -0.508 e. The lowest BCUT2D eigenvalue weighted by Crippen LogP contribution is -2.53. The van der Waals surface area contributed by atoms with Crippen molar-refractivity contribution in [3.63, 3.8) is 0 Å². The first kappa shape index (κ1) is 19.2. The van der Waals surface area contributed by atoms with E-state index in [9.17, 15) is 14.7 Å². The molecule has 0 aliphatic heterocycles. The van der Waals surface area contributed by atoms with Crippen LogP contribution in [0.3, 0.4) is 0 Å². The minimum atomic E-state index is -0.771. The fourth-order valence-electron chi connectivity index (χ4n) is 7.03. The van der Waals surface area contributed by atoms with Gasteiger partial charge in [-0.15, -0.1) is 6.58 Å². The van der Waals surface area contributed by atoms with Gasteiger partial charge in [-0.05, 0) is 79.5 Å². The molecule has 0 radical (unpaired) electrons. The maximum Gasteiger partial charge on any atom is 0.303 e. The van der Waals surface area contributed by atoms with Crippen molar-refractivity contribution in [3.8, 4) is 5.75 Å². The molecule has 4 heteroatoms. The lowest BCUT2D eigenvalue weighted by molar-refractivity contribution is -0.137. The lowest BCUT2D eigenvalue weighted by Gasteiger charge is -2.57. The largest absolute Gasteiger partial charge is 0.508 e. The summed E-state index contributed by atoms with van der Waals surface area (Å²) in [6, 6.07) is 5.74. The molecule has 3 aliphatic rings. The zero-order chi connectivity index (χ0) is 20.1. The van der Waals surface area contributed by atoms with Gasteiger partial charge in [0.05, 0.1) is 0 Å². The molecule has 0 spiro atoms. The summed E-state index contributed by atoms with van der Waals surface area (Å²) >= 11 is 0. The number of hydrogen-bond acceptors (Lipinski definition) is 3. The molecule has 150 valence electrons. The van der Waals surface area contributed by atoms with Crippen molar-refractivity contribution >= 4 is 11.8 Å². The Morgan fingerprint density at radius 1 is 1.36 bits per heavy atom. The first-order valence-corrected chi connectivity index (χ1v) is 10.5. The molecule has 0 amide bonds. The zero-order valence-corrected chi connectivity index (χ0v) is 16.6. The van der Waals surface area contributed by atoms with Crippen LogP contribution >= 0.6 is 0 Å². The molecule has 1 aromatic rings. The molecule has 4 rings (SSSR count). The van der Waals surface area contributed by atoms with Gasteiger partial charge in [0.1, 0.15) is 11.5 Å². The first-order chi connectivity index (χ1) is 13.3. The predicted molar refractivity (Wildman–Crippen MR) is 107 cm³/mol. The maximum atomic E-state index is 13.2. The van der Waals surface area contributed by atoms with Gasteiger partial charge in [0.15, 0.2) is 0 Å². The van der Waals surface area contributed by atoms with Crippen LogP contribution in [-0.2, 0) is 16.0 Å². The van der Waals surface area contributed by atoms with E-state index in [4.69, 9.17) is 5.11 Å². The number of carboxylic acid groups (broad SMARTS) is 1. The molecule has 2 fully saturated rings. The number of carbonyl (C=O) groups is 2. The molecule has 0 bridgehead atoms. The molecular formula is C24H30O4. The van der Waals surface area contributed by atoms with Crippen molar-refractivity contribution in [2.24, 2.45) is 22.7 Å². The van der Waals surface area contributed by atoms with Crippen LogP contribution in [0.4, 0.5) is 0 Å². The Labute approximate surface area is 166 Å². The van der Waals surface area contributed by atoms with E-state index in [1.165, 1.54) is 11.1 Å². The number of benzene rings is 1. The zero-order valence-electron chi connectivity index (χ0n) is 16.6. The highest BCUT2D eigenvalue weighted by Gasteiger charge is 2.66. The minimum absolute atomic E-state index is 0.158. The molecule has 0 heterocycles. The maximum absolute atomic E-state index is 13.2. The number of allylic oxidation sites excluding steroid dienone is 1. The second kappa shape index (κ2) is 6.75. The molecule has 2 unspecified atom stereocenters. The standard InChI is InChI=1S/C24H30O4/c1-3-24-16(5-4-6-22(27)28)14-21(26)23(24,2)12-11-19-18-9-8-17(25)13-15(18)7-10-20(19)24/h3,8-9,13,16,19-20,25H,1,4-7,10-12,14H2,2H3,(H,27,28)/t16-,19+,20?,23+,24?/m0/s1. The van der Waals surface area contributed by atoms with Crippen LogP contribution in [0.5, 0.6) is 5.75 Å². The van der Waals surface area contributed by atoms with E-state index in [1.54, 1.807) is 6.07 Å². The van der Waals surface area contributed by atoms with Crippen molar-refractivity contribution in [3.05, 3.63) is 42.0 Å². The van der Waals surface area contributed by atoms with Crippen molar-refractivity contribution < 1.29 is 19.8 Å². The van der Waals surface area contributed by atoms with E-state index in [-0.39, 0.29) is 17.8 Å². The first-order valence-electron chi connectivity index (χ1n) is 10.5. The number of hydrogen-bond donors (Lipinski definition) is 2. The number of aryl methyl sites for hydroxylation is 1. The Hall–Kier alpha value is -2.10. The quantitative estimate of drug-likeness (QED) is 0.714. The molecule has 3 aliphatic carbocycles. The van der Waals surface area contributed by atoms with Gasteiger partial charge < -0.3 is 10.2 Å². The number of fused-ring (bicyclic) bond motifs is 5. The fourth-order valence-corrected chi connectivity index (χ4v) is 7.03. The van der Waals surface area contributed by atoms with Crippen LogP contribution in [0.25, 0.3) is 0 Å². The van der Waals surface area contributed by atoms with Crippen molar-refractivity contribution in [2.45, 2.75) is 64.2 Å². The van der Waals surface area contributed by atoms with Gasteiger partial charge in [0.2, 0.25) is 0 Å². The lowest BCUT2D eigenvalue weighted by atomic mass is 9.45. The highest BCUT2D eigenvalue weighted by Crippen LogP contribution is 2.70. The Morgan fingerprint density at radius 2 is 2.14 bits per heavy atom. The van der Waals surface area contributed by atoms with Crippen LogP contribution in [0.2, 0.25) is 0 Å². The molecule has 1 aromatic carbocycles. The van der Waals surface area contributed by atoms with E-state index in [2.05, 4.69) is 25.6 Å². The Morgan fingerprint density at radius 3 is 2.86 bits per heavy atom. The van der Waals surface area contributed by atoms with Crippen LogP contribution in [-0.4, -0.2) is 22.0 Å². The highest BCUT2D eigenvalue weighted by atomic mass is 16.4. The van der Waals surface area contributed by atoms with Gasteiger partial charge in [-0.3, -0.25) is 9.59 Å². The summed E-state index contributed by atoms with van der Waals surface area (Å²) in [6.07, 6.45) is 7.91. The van der Waals surface area contributed by atoms with E-state index in [1.807, 2.05) is 6.07 Å². The molecule has 2 saturated carbocycles. The van der Waals surface area contributed by atoms with E-state index in [0.29, 0.717) is 36.2 Å². The summed E-state index contributed by atoms with van der Waals surface area (Å²) in [6.45, 7) is 6.38. The SMILES string of the molecule is C=CC12C3CCc4cc(O)ccc4[C@H]3CC[C@]1(C)C(=O)C[C@@H]2CCCC(=O)O. The van der Waals surface area contributed by atoms with E-state index < -0.39 is 11.4 Å². The van der Waals surface area contributed by atoms with Crippen LogP contribution in [0.1, 0.15) is 68.9 Å². The number of carboxylic acids is 1. The second-order valence-corrected chi connectivity index (χ2v) is 9.25. The van der Waals surface area contributed by atoms with Crippen LogP contribution in [0, 0.1) is 22.7 Å². The smallest absolute Gasteiger partial charge is 0.303 e. The third-order valence-corrected chi connectivity index (χ3v) is 8.26. The average Bonchev–Trinajstić information content (AvgIpc) is 2.88. The molecule has 5 atom stereocenters. The Balaban J connectivity index is 1.73. The molecule has 28 heavy (non-hydrogen) atoms. The fraction of sp³-hybridized carbons (Fsp3) is 0.583. The summed E-state index contributed by atoms with van der Waals surface area (Å²) in [7, 11) is 0. The van der Waals surface area contributed by atoms with Crippen molar-refractivity contribution in [1.82, 2.24) is 0 Å². The number of phenolic OH excluding ortho intramolecular Hbond substituents is 1. The van der Waals surface area contributed by atoms with Gasteiger partial charge >= 0.3 is 5.97 Å². The monoisotopic (exact) mass is 382 g/mol. The normalized spacial score (nSPS) is 36.3. The number of carbonyl (C=O) groups excluding carboxylic acids is 1.